The van der Waals surface area contributed by atoms with Crippen molar-refractivity contribution < 1.29 is 27.4 Å². The van der Waals surface area contributed by atoms with E-state index in [4.69, 9.17) is 5.11 Å². The van der Waals surface area contributed by atoms with Crippen LogP contribution in [0, 0.1) is 5.82 Å². The molecular weight excluding hydrogens is 216 g/mol. The average Bonchev–Trinajstić information content (AvgIpc) is 2.09. The van der Waals surface area contributed by atoms with Crippen LogP contribution >= 0.6 is 0 Å². The fourth-order valence-electron chi connectivity index (χ4n) is 1.13. The van der Waals surface area contributed by atoms with Gasteiger partial charge in [-0.3, -0.25) is 0 Å². The van der Waals surface area contributed by atoms with E-state index in [0.717, 1.165) is 12.1 Å². The first-order chi connectivity index (χ1) is 6.85. The molecule has 0 spiro atoms. The van der Waals surface area contributed by atoms with Crippen LogP contribution in [0.1, 0.15) is 12.5 Å². The van der Waals surface area contributed by atoms with Crippen molar-refractivity contribution in [2.45, 2.75) is 19.7 Å². The lowest BCUT2D eigenvalue weighted by Gasteiger charge is -2.12. The maximum Gasteiger partial charge on any atom is 0.573 e. The molecule has 1 aromatic rings. The molecule has 6 heteroatoms. The summed E-state index contributed by atoms with van der Waals surface area (Å²) in [4.78, 5) is 0. The molecule has 0 aliphatic carbocycles. The van der Waals surface area contributed by atoms with E-state index in [0.29, 0.717) is 0 Å². The van der Waals surface area contributed by atoms with E-state index in [2.05, 4.69) is 4.74 Å². The van der Waals surface area contributed by atoms with Crippen LogP contribution in [0.25, 0.3) is 0 Å². The van der Waals surface area contributed by atoms with E-state index in [1.54, 1.807) is 0 Å². The second-order valence-corrected chi connectivity index (χ2v) is 2.78. The molecule has 0 saturated heterocycles. The summed E-state index contributed by atoms with van der Waals surface area (Å²) in [5.74, 6) is -2.50. The molecule has 0 radical (unpaired) electrons. The molecule has 0 unspecified atom stereocenters. The normalized spacial score (nSPS) is 11.5. The summed E-state index contributed by atoms with van der Waals surface area (Å²) < 4.78 is 52.1. The Bertz CT molecular complexity index is 360. The van der Waals surface area contributed by atoms with Crippen LogP contribution in [-0.2, 0) is 6.42 Å². The molecule has 0 bridgehead atoms. The van der Waals surface area contributed by atoms with Gasteiger partial charge in [0.05, 0.1) is 0 Å². The molecule has 1 N–H and O–H groups in total. The Morgan fingerprint density at radius 1 is 1.33 bits per heavy atom. The molecule has 0 amide bonds. The van der Waals surface area contributed by atoms with Crippen LogP contribution in [0.2, 0.25) is 0 Å². The highest BCUT2D eigenvalue weighted by Gasteiger charge is 2.33. The first-order valence-corrected chi connectivity index (χ1v) is 4.11. The van der Waals surface area contributed by atoms with Gasteiger partial charge in [-0.25, -0.2) is 4.39 Å². The second-order valence-electron chi connectivity index (χ2n) is 2.78. The molecule has 2 nitrogen and oxygen atoms in total. The summed E-state index contributed by atoms with van der Waals surface area (Å²) in [6.07, 6.45) is -4.87. The van der Waals surface area contributed by atoms with Crippen molar-refractivity contribution in [3.63, 3.8) is 0 Å². The fourth-order valence-corrected chi connectivity index (χ4v) is 1.13. The monoisotopic (exact) mass is 224 g/mol. The molecule has 1 rings (SSSR count). The van der Waals surface area contributed by atoms with Crippen molar-refractivity contribution in [2.75, 3.05) is 0 Å². The third-order valence-corrected chi connectivity index (χ3v) is 1.76. The Labute approximate surface area is 83.1 Å². The Morgan fingerprint density at radius 2 is 1.93 bits per heavy atom. The van der Waals surface area contributed by atoms with Gasteiger partial charge in [0, 0.05) is 5.56 Å². The molecule has 0 atom stereocenters. The van der Waals surface area contributed by atoms with Crippen LogP contribution in [0.4, 0.5) is 17.6 Å². The zero-order valence-electron chi connectivity index (χ0n) is 7.73. The highest BCUT2D eigenvalue weighted by molar-refractivity contribution is 5.41. The van der Waals surface area contributed by atoms with E-state index < -0.39 is 17.9 Å². The van der Waals surface area contributed by atoms with E-state index in [9.17, 15) is 17.6 Å². The minimum absolute atomic E-state index is 0.0761. The minimum atomic E-state index is -4.94. The van der Waals surface area contributed by atoms with Crippen molar-refractivity contribution >= 4 is 0 Å². The summed E-state index contributed by atoms with van der Waals surface area (Å²) >= 11 is 0. The lowest BCUT2D eigenvalue weighted by molar-refractivity contribution is -0.275. The van der Waals surface area contributed by atoms with Gasteiger partial charge in [-0.1, -0.05) is 6.92 Å². The maximum atomic E-state index is 13.3. The molecule has 0 saturated carbocycles. The SMILES string of the molecule is CCc1c(O)ccc(OC(F)(F)F)c1F. The smallest absolute Gasteiger partial charge is 0.508 e. The molecule has 0 aliphatic heterocycles. The zero-order valence-corrected chi connectivity index (χ0v) is 7.73. The summed E-state index contributed by atoms with van der Waals surface area (Å²) in [6, 6.07) is 1.69. The highest BCUT2D eigenvalue weighted by atomic mass is 19.4. The predicted molar refractivity (Wildman–Crippen MR) is 44.1 cm³/mol. The van der Waals surface area contributed by atoms with E-state index >= 15 is 0 Å². The number of halogens is 4. The van der Waals surface area contributed by atoms with Crippen LogP contribution < -0.4 is 4.74 Å². The van der Waals surface area contributed by atoms with Crippen molar-refractivity contribution in [2.24, 2.45) is 0 Å². The van der Waals surface area contributed by atoms with Crippen LogP contribution in [0.3, 0.4) is 0 Å². The molecule has 0 fully saturated rings. The highest BCUT2D eigenvalue weighted by Crippen LogP contribution is 2.31. The molecule has 84 valence electrons. The Balaban J connectivity index is 3.11. The molecular formula is C9H8F4O2. The summed E-state index contributed by atoms with van der Waals surface area (Å²) in [5, 5.41) is 9.14. The predicted octanol–water partition coefficient (Wildman–Crippen LogP) is 2.99. The number of phenols is 1. The van der Waals surface area contributed by atoms with Crippen LogP contribution in [0.15, 0.2) is 12.1 Å². The maximum absolute atomic E-state index is 13.3. The van der Waals surface area contributed by atoms with Gasteiger partial charge in [0.2, 0.25) is 0 Å². The number of aromatic hydroxyl groups is 1. The van der Waals surface area contributed by atoms with Crippen LogP contribution in [0.5, 0.6) is 11.5 Å². The van der Waals surface area contributed by atoms with Crippen molar-refractivity contribution in [3.8, 4) is 11.5 Å². The number of hydrogen-bond acceptors (Lipinski definition) is 2. The van der Waals surface area contributed by atoms with Crippen molar-refractivity contribution in [1.29, 1.82) is 0 Å². The third kappa shape index (κ3) is 2.74. The number of rotatable bonds is 2. The van der Waals surface area contributed by atoms with Gasteiger partial charge in [0.25, 0.3) is 0 Å². The first kappa shape index (κ1) is 11.6. The summed E-state index contributed by atoms with van der Waals surface area (Å²) in [7, 11) is 0. The first-order valence-electron chi connectivity index (χ1n) is 4.11. The van der Waals surface area contributed by atoms with Gasteiger partial charge in [0.15, 0.2) is 11.6 Å². The van der Waals surface area contributed by atoms with Gasteiger partial charge in [-0.15, -0.1) is 13.2 Å². The second kappa shape index (κ2) is 3.96. The summed E-state index contributed by atoms with van der Waals surface area (Å²) in [6.45, 7) is 1.51. The largest absolute Gasteiger partial charge is 0.573 e. The molecule has 0 heterocycles. The Hall–Kier alpha value is -1.46. The quantitative estimate of drug-likeness (QED) is 0.782. The minimum Gasteiger partial charge on any atom is -0.508 e. The Kier molecular flexibility index (Phi) is 3.06. The van der Waals surface area contributed by atoms with Crippen LogP contribution in [-0.4, -0.2) is 11.5 Å². The number of benzene rings is 1. The average molecular weight is 224 g/mol. The Morgan fingerprint density at radius 3 is 2.40 bits per heavy atom. The molecule has 0 aliphatic rings. The van der Waals surface area contributed by atoms with Gasteiger partial charge in [-0.2, -0.15) is 0 Å². The van der Waals surface area contributed by atoms with E-state index in [1.807, 2.05) is 0 Å². The third-order valence-electron chi connectivity index (χ3n) is 1.76. The lowest BCUT2D eigenvalue weighted by Crippen LogP contribution is -2.18. The van der Waals surface area contributed by atoms with Crippen molar-refractivity contribution in [3.05, 3.63) is 23.5 Å². The van der Waals surface area contributed by atoms with Crippen molar-refractivity contribution in [1.82, 2.24) is 0 Å². The number of hydrogen-bond donors (Lipinski definition) is 1. The standard InChI is InChI=1S/C9H8F4O2/c1-2-5-6(14)3-4-7(8(5)10)15-9(11,12)13/h3-4,14H,2H2,1H3. The van der Waals surface area contributed by atoms with E-state index in [-0.39, 0.29) is 17.7 Å². The lowest BCUT2D eigenvalue weighted by atomic mass is 10.1. The van der Waals surface area contributed by atoms with Gasteiger partial charge in [0.1, 0.15) is 5.75 Å². The summed E-state index contributed by atoms with van der Waals surface area (Å²) in [5.41, 5.74) is -0.197. The zero-order chi connectivity index (χ0) is 11.6. The van der Waals surface area contributed by atoms with Gasteiger partial charge < -0.3 is 9.84 Å². The molecule has 15 heavy (non-hydrogen) atoms. The van der Waals surface area contributed by atoms with Gasteiger partial charge in [-0.05, 0) is 18.6 Å². The number of ether oxygens (including phenoxy) is 1. The molecule has 1 aromatic carbocycles. The van der Waals surface area contributed by atoms with E-state index in [1.165, 1.54) is 6.92 Å². The number of phenolic OH excluding ortho intramolecular Hbond substituents is 1. The van der Waals surface area contributed by atoms with Gasteiger partial charge >= 0.3 is 6.36 Å². The molecule has 0 aromatic heterocycles. The number of alkyl halides is 3. The topological polar surface area (TPSA) is 29.5 Å². The fraction of sp³-hybridized carbons (Fsp3) is 0.333.